The largest absolute Gasteiger partial charge is 0.379 e. The molecule has 0 unspecified atom stereocenters. The fourth-order valence-electron chi connectivity index (χ4n) is 1.49. The van der Waals surface area contributed by atoms with E-state index in [0.29, 0.717) is 0 Å². The van der Waals surface area contributed by atoms with Crippen LogP contribution in [0.1, 0.15) is 6.92 Å². The molecule has 2 aromatic rings. The van der Waals surface area contributed by atoms with Crippen molar-refractivity contribution in [1.29, 1.82) is 0 Å². The molecule has 0 fully saturated rings. The van der Waals surface area contributed by atoms with Gasteiger partial charge in [0.05, 0.1) is 0 Å². The molecule has 0 heterocycles. The van der Waals surface area contributed by atoms with E-state index in [1.54, 1.807) is 30.3 Å². The Labute approximate surface area is 121 Å². The summed E-state index contributed by atoms with van der Waals surface area (Å²) in [4.78, 5) is 11.8. The second-order valence-electron chi connectivity index (χ2n) is 3.92. The van der Waals surface area contributed by atoms with Gasteiger partial charge in [-0.2, -0.15) is 8.42 Å². The van der Waals surface area contributed by atoms with E-state index in [2.05, 4.69) is 0 Å². The van der Waals surface area contributed by atoms with Gasteiger partial charge in [-0.1, -0.05) is 30.0 Å². The zero-order valence-electron chi connectivity index (χ0n) is 10.6. The lowest BCUT2D eigenvalue weighted by atomic mass is 10.3. The first-order valence-corrected chi connectivity index (χ1v) is 7.98. The Kier molecular flexibility index (Phi) is 4.46. The van der Waals surface area contributed by atoms with Gasteiger partial charge in [-0.25, -0.2) is 0 Å². The Morgan fingerprint density at radius 3 is 2.15 bits per heavy atom. The third-order valence-corrected chi connectivity index (χ3v) is 4.38. The molecule has 0 atom stereocenters. The number of hydrogen-bond donors (Lipinski definition) is 0. The molecule has 0 aliphatic heterocycles. The molecular formula is C14H12O4S2. The van der Waals surface area contributed by atoms with Crippen LogP contribution in [-0.4, -0.2) is 13.5 Å². The second-order valence-corrected chi connectivity index (χ2v) is 6.71. The SMILES string of the molecule is CC(=O)Sc1ccc(OS(=O)(=O)c2ccccc2)cc1. The maximum atomic E-state index is 12.0. The van der Waals surface area contributed by atoms with E-state index in [9.17, 15) is 13.2 Å². The zero-order valence-corrected chi connectivity index (χ0v) is 12.3. The number of carbonyl (C=O) groups is 1. The van der Waals surface area contributed by atoms with Crippen LogP contribution in [0.25, 0.3) is 0 Å². The lowest BCUT2D eigenvalue weighted by molar-refractivity contribution is -0.109. The van der Waals surface area contributed by atoms with Crippen LogP contribution in [0.2, 0.25) is 0 Å². The molecule has 0 bridgehead atoms. The summed E-state index contributed by atoms with van der Waals surface area (Å²) in [6, 6.07) is 14.2. The Morgan fingerprint density at radius 1 is 1.00 bits per heavy atom. The van der Waals surface area contributed by atoms with E-state index in [1.807, 2.05) is 0 Å². The molecule has 2 aromatic carbocycles. The molecule has 0 amide bonds. The van der Waals surface area contributed by atoms with E-state index < -0.39 is 10.1 Å². The summed E-state index contributed by atoms with van der Waals surface area (Å²) in [7, 11) is -3.82. The minimum Gasteiger partial charge on any atom is -0.379 e. The van der Waals surface area contributed by atoms with Crippen LogP contribution < -0.4 is 4.18 Å². The number of carbonyl (C=O) groups excluding carboxylic acids is 1. The third kappa shape index (κ3) is 3.85. The third-order valence-electron chi connectivity index (χ3n) is 2.32. The number of rotatable bonds is 4. The Bertz CT molecular complexity index is 692. The van der Waals surface area contributed by atoms with Crippen LogP contribution in [0.15, 0.2) is 64.4 Å². The molecule has 0 saturated carbocycles. The van der Waals surface area contributed by atoms with E-state index in [1.165, 1.54) is 31.2 Å². The van der Waals surface area contributed by atoms with E-state index >= 15 is 0 Å². The zero-order chi connectivity index (χ0) is 14.6. The molecule has 0 aliphatic carbocycles. The fourth-order valence-corrected chi connectivity index (χ4v) is 3.05. The van der Waals surface area contributed by atoms with Crippen LogP contribution in [0.4, 0.5) is 0 Å². The average molecular weight is 308 g/mol. The molecular weight excluding hydrogens is 296 g/mol. The lowest BCUT2D eigenvalue weighted by Crippen LogP contribution is -2.09. The van der Waals surface area contributed by atoms with Gasteiger partial charge in [0.15, 0.2) is 5.12 Å². The first kappa shape index (κ1) is 14.6. The highest BCUT2D eigenvalue weighted by molar-refractivity contribution is 8.13. The summed E-state index contributed by atoms with van der Waals surface area (Å²) in [6.07, 6.45) is 0. The average Bonchev–Trinajstić information content (AvgIpc) is 2.41. The van der Waals surface area contributed by atoms with Gasteiger partial charge < -0.3 is 4.18 Å². The summed E-state index contributed by atoms with van der Waals surface area (Å²) >= 11 is 1.08. The number of hydrogen-bond acceptors (Lipinski definition) is 5. The van der Waals surface area contributed by atoms with Crippen molar-refractivity contribution in [2.45, 2.75) is 16.7 Å². The Hall–Kier alpha value is -1.79. The molecule has 0 aliphatic rings. The summed E-state index contributed by atoms with van der Waals surface area (Å²) in [5, 5.41) is -0.0319. The molecule has 4 nitrogen and oxygen atoms in total. The molecule has 2 rings (SSSR count). The highest BCUT2D eigenvalue weighted by Crippen LogP contribution is 2.24. The van der Waals surface area contributed by atoms with Crippen molar-refractivity contribution in [1.82, 2.24) is 0 Å². The van der Waals surface area contributed by atoms with Crippen molar-refractivity contribution < 1.29 is 17.4 Å². The number of benzene rings is 2. The highest BCUT2D eigenvalue weighted by Gasteiger charge is 2.15. The van der Waals surface area contributed by atoms with Crippen LogP contribution in [0, 0.1) is 0 Å². The Balaban J connectivity index is 2.16. The van der Waals surface area contributed by atoms with Crippen molar-refractivity contribution in [3.05, 3.63) is 54.6 Å². The summed E-state index contributed by atoms with van der Waals surface area (Å²) < 4.78 is 29.0. The Morgan fingerprint density at radius 2 is 1.60 bits per heavy atom. The van der Waals surface area contributed by atoms with Crippen LogP contribution in [-0.2, 0) is 14.9 Å². The minimum atomic E-state index is -3.82. The standard InChI is InChI=1S/C14H12O4S2/c1-11(15)19-13-9-7-12(8-10-13)18-20(16,17)14-5-3-2-4-6-14/h2-10H,1H3. The van der Waals surface area contributed by atoms with Crippen LogP contribution >= 0.6 is 11.8 Å². The van der Waals surface area contributed by atoms with Gasteiger partial charge in [-0.05, 0) is 36.4 Å². The second kappa shape index (κ2) is 6.11. The summed E-state index contributed by atoms with van der Waals surface area (Å²) in [5.41, 5.74) is 0. The maximum Gasteiger partial charge on any atom is 0.339 e. The van der Waals surface area contributed by atoms with Crippen molar-refractivity contribution in [2.24, 2.45) is 0 Å². The first-order chi connectivity index (χ1) is 9.47. The molecule has 0 aromatic heterocycles. The van der Waals surface area contributed by atoms with E-state index in [-0.39, 0.29) is 15.8 Å². The molecule has 0 spiro atoms. The molecule has 104 valence electrons. The molecule has 6 heteroatoms. The minimum absolute atomic E-state index is 0.0319. The van der Waals surface area contributed by atoms with Gasteiger partial charge >= 0.3 is 10.1 Å². The maximum absolute atomic E-state index is 12.0. The van der Waals surface area contributed by atoms with Gasteiger partial charge in [0.1, 0.15) is 10.6 Å². The van der Waals surface area contributed by atoms with Gasteiger partial charge in [0, 0.05) is 11.8 Å². The first-order valence-electron chi connectivity index (χ1n) is 5.75. The van der Waals surface area contributed by atoms with E-state index in [0.717, 1.165) is 16.7 Å². The van der Waals surface area contributed by atoms with Gasteiger partial charge in [-0.3, -0.25) is 4.79 Å². The van der Waals surface area contributed by atoms with Crippen molar-refractivity contribution in [3.8, 4) is 5.75 Å². The fraction of sp³-hybridized carbons (Fsp3) is 0.0714. The van der Waals surface area contributed by atoms with Gasteiger partial charge in [-0.15, -0.1) is 0 Å². The summed E-state index contributed by atoms with van der Waals surface area (Å²) in [5.74, 6) is 0.210. The molecule has 0 N–H and O–H groups in total. The quantitative estimate of drug-likeness (QED) is 0.641. The van der Waals surface area contributed by atoms with Crippen molar-refractivity contribution >= 4 is 27.0 Å². The molecule has 20 heavy (non-hydrogen) atoms. The lowest BCUT2D eigenvalue weighted by Gasteiger charge is -2.07. The molecule has 0 radical (unpaired) electrons. The highest BCUT2D eigenvalue weighted by atomic mass is 32.2. The van der Waals surface area contributed by atoms with E-state index in [4.69, 9.17) is 4.18 Å². The topological polar surface area (TPSA) is 60.4 Å². The normalized spacial score (nSPS) is 11.1. The van der Waals surface area contributed by atoms with Crippen LogP contribution in [0.5, 0.6) is 5.75 Å². The predicted octanol–water partition coefficient (Wildman–Crippen LogP) is 3.09. The van der Waals surface area contributed by atoms with Crippen molar-refractivity contribution in [3.63, 3.8) is 0 Å². The van der Waals surface area contributed by atoms with Crippen molar-refractivity contribution in [2.75, 3.05) is 0 Å². The molecule has 0 saturated heterocycles. The monoisotopic (exact) mass is 308 g/mol. The van der Waals surface area contributed by atoms with Gasteiger partial charge in [0.2, 0.25) is 0 Å². The van der Waals surface area contributed by atoms with Crippen LogP contribution in [0.3, 0.4) is 0 Å². The smallest absolute Gasteiger partial charge is 0.339 e. The summed E-state index contributed by atoms with van der Waals surface area (Å²) in [6.45, 7) is 1.47. The van der Waals surface area contributed by atoms with Gasteiger partial charge in [0.25, 0.3) is 0 Å². The number of thioether (sulfide) groups is 1. The predicted molar refractivity (Wildman–Crippen MR) is 77.2 cm³/mol.